The van der Waals surface area contributed by atoms with Crippen LogP contribution < -0.4 is 5.32 Å². The molecule has 1 saturated heterocycles. The van der Waals surface area contributed by atoms with E-state index in [1.54, 1.807) is 29.2 Å². The zero-order valence-corrected chi connectivity index (χ0v) is 32.5. The second-order valence-electron chi connectivity index (χ2n) is 16.5. The Morgan fingerprint density at radius 3 is 2.24 bits per heavy atom. The molecule has 4 rings (SSSR count). The first-order valence-electron chi connectivity index (χ1n) is 19.3. The van der Waals surface area contributed by atoms with Gasteiger partial charge in [-0.2, -0.15) is 0 Å². The largest absolute Gasteiger partial charge is 0.481 e. The van der Waals surface area contributed by atoms with Crippen molar-refractivity contribution < 1.29 is 38.7 Å². The predicted molar refractivity (Wildman–Crippen MR) is 201 cm³/mol. The number of fused-ring (bicyclic) bond motifs is 1. The molecule has 1 aromatic carbocycles. The standard InChI is InChI=1S/C42H56N4O8/c1-7-12-27(37(50)35(49)21-29(41(53)54)19-26-13-9-8-10-14-26)20-34(48)36-30-16-11-15-28(30)24-46(36)40(52)38(42(4,5)6)45-39(51)31(25(2)3)22-33(47)32-23-43-17-18-44-32/h8-10,13-14,17-18,23,25,27-31,36,38H,7,11-12,15-16,19-22,24H2,1-6H3,(H,45,51)(H,53,54)/t27?,28-,29-,30-,31+,36-,38+/m0/s1. The summed E-state index contributed by atoms with van der Waals surface area (Å²) in [6.45, 7) is 11.4. The lowest BCUT2D eigenvalue weighted by molar-refractivity contribution is -0.147. The third-order valence-corrected chi connectivity index (χ3v) is 11.1. The van der Waals surface area contributed by atoms with E-state index in [2.05, 4.69) is 15.3 Å². The number of carboxylic acids is 1. The lowest BCUT2D eigenvalue weighted by Crippen LogP contribution is -2.58. The van der Waals surface area contributed by atoms with Crippen molar-refractivity contribution in [2.45, 2.75) is 111 Å². The zero-order chi connectivity index (χ0) is 39.7. The van der Waals surface area contributed by atoms with Crippen LogP contribution in [0.3, 0.4) is 0 Å². The van der Waals surface area contributed by atoms with Crippen LogP contribution in [0.5, 0.6) is 0 Å². The number of likely N-dealkylation sites (tertiary alicyclic amines) is 1. The Hall–Kier alpha value is -4.61. The molecule has 1 unspecified atom stereocenters. The molecule has 2 aromatic rings. The van der Waals surface area contributed by atoms with E-state index >= 15 is 0 Å². The maximum absolute atomic E-state index is 14.6. The molecule has 2 amide bonds. The molecule has 2 N–H and O–H groups in total. The summed E-state index contributed by atoms with van der Waals surface area (Å²) in [5.74, 6) is -7.25. The summed E-state index contributed by atoms with van der Waals surface area (Å²) >= 11 is 0. The van der Waals surface area contributed by atoms with Gasteiger partial charge in [0.05, 0.1) is 18.2 Å². The maximum atomic E-state index is 14.6. The molecular formula is C42H56N4O8. The molecular weight excluding hydrogens is 688 g/mol. The summed E-state index contributed by atoms with van der Waals surface area (Å²) in [5.41, 5.74) is 0.129. The molecule has 2 fully saturated rings. The van der Waals surface area contributed by atoms with Crippen molar-refractivity contribution in [3.63, 3.8) is 0 Å². The Bertz CT molecular complexity index is 1670. The smallest absolute Gasteiger partial charge is 0.307 e. The van der Waals surface area contributed by atoms with Gasteiger partial charge in [-0.05, 0) is 54.4 Å². The molecule has 12 nitrogen and oxygen atoms in total. The number of hydrogen-bond donors (Lipinski definition) is 2. The molecule has 1 aromatic heterocycles. The molecule has 54 heavy (non-hydrogen) atoms. The second-order valence-corrected chi connectivity index (χ2v) is 16.5. The number of aromatic nitrogens is 2. The highest BCUT2D eigenvalue weighted by Gasteiger charge is 2.52. The number of aliphatic carboxylic acids is 1. The first-order valence-corrected chi connectivity index (χ1v) is 19.3. The van der Waals surface area contributed by atoms with Gasteiger partial charge in [0.1, 0.15) is 11.7 Å². The van der Waals surface area contributed by atoms with Crippen LogP contribution in [-0.2, 0) is 35.2 Å². The molecule has 0 bridgehead atoms. The normalized spacial score (nSPS) is 20.4. The van der Waals surface area contributed by atoms with E-state index in [1.165, 1.54) is 18.6 Å². The number of rotatable bonds is 19. The molecule has 292 valence electrons. The monoisotopic (exact) mass is 744 g/mol. The molecule has 1 aliphatic carbocycles. The lowest BCUT2D eigenvalue weighted by atomic mass is 9.82. The summed E-state index contributed by atoms with van der Waals surface area (Å²) in [5, 5.41) is 12.8. The highest BCUT2D eigenvalue weighted by Crippen LogP contribution is 2.44. The highest BCUT2D eigenvalue weighted by atomic mass is 16.4. The van der Waals surface area contributed by atoms with Gasteiger partial charge in [-0.1, -0.05) is 84.7 Å². The van der Waals surface area contributed by atoms with Gasteiger partial charge in [-0.3, -0.25) is 38.5 Å². The van der Waals surface area contributed by atoms with Crippen LogP contribution in [0.2, 0.25) is 0 Å². The molecule has 0 spiro atoms. The average Bonchev–Trinajstić information content (AvgIpc) is 3.73. The van der Waals surface area contributed by atoms with E-state index in [4.69, 9.17) is 0 Å². The summed E-state index contributed by atoms with van der Waals surface area (Å²) in [6.07, 6.45) is 6.78. The summed E-state index contributed by atoms with van der Waals surface area (Å²) in [7, 11) is 0. The molecule has 1 aliphatic heterocycles. The van der Waals surface area contributed by atoms with Gasteiger partial charge in [-0.15, -0.1) is 0 Å². The minimum Gasteiger partial charge on any atom is -0.481 e. The fourth-order valence-corrected chi connectivity index (χ4v) is 8.12. The van der Waals surface area contributed by atoms with E-state index < -0.39 is 71.0 Å². The summed E-state index contributed by atoms with van der Waals surface area (Å²) < 4.78 is 0. The average molecular weight is 745 g/mol. The molecule has 1 saturated carbocycles. The van der Waals surface area contributed by atoms with Crippen molar-refractivity contribution in [3.05, 3.63) is 60.2 Å². The van der Waals surface area contributed by atoms with Crippen LogP contribution in [0.1, 0.15) is 109 Å². The SMILES string of the molecule is CCCC(CC(=O)[C@@H]1[C@H]2CCC[C@H]2CN1C(=O)[C@@H](NC(=O)[C@H](CC(=O)c1cnccn1)C(C)C)C(C)(C)C)C(=O)C(=O)C[C@H](Cc1ccccc1)C(=O)O. The topological polar surface area (TPSA) is 181 Å². The van der Waals surface area contributed by atoms with Crippen molar-refractivity contribution in [2.75, 3.05) is 6.54 Å². The Balaban J connectivity index is 1.52. The van der Waals surface area contributed by atoms with Crippen molar-refractivity contribution in [1.82, 2.24) is 20.2 Å². The van der Waals surface area contributed by atoms with E-state index in [0.29, 0.717) is 13.0 Å². The van der Waals surface area contributed by atoms with Crippen molar-refractivity contribution in [2.24, 2.45) is 40.9 Å². The minimum atomic E-state index is -1.17. The first kappa shape index (κ1) is 42.1. The van der Waals surface area contributed by atoms with Gasteiger partial charge >= 0.3 is 5.97 Å². The van der Waals surface area contributed by atoms with Gasteiger partial charge in [-0.25, -0.2) is 4.98 Å². The Labute approximate surface area is 318 Å². The number of ketones is 4. The molecule has 2 aliphatic rings. The zero-order valence-electron chi connectivity index (χ0n) is 32.5. The highest BCUT2D eigenvalue weighted by molar-refractivity contribution is 6.38. The van der Waals surface area contributed by atoms with E-state index in [-0.39, 0.29) is 60.7 Å². The van der Waals surface area contributed by atoms with Crippen LogP contribution in [0.15, 0.2) is 48.9 Å². The van der Waals surface area contributed by atoms with Gasteiger partial charge in [0.25, 0.3) is 0 Å². The number of nitrogens with one attached hydrogen (secondary N) is 1. The van der Waals surface area contributed by atoms with Gasteiger partial charge < -0.3 is 15.3 Å². The second kappa shape index (κ2) is 18.6. The molecule has 7 atom stereocenters. The maximum Gasteiger partial charge on any atom is 0.307 e. The van der Waals surface area contributed by atoms with Gasteiger partial charge in [0.15, 0.2) is 17.3 Å². The van der Waals surface area contributed by atoms with Crippen LogP contribution in [0.25, 0.3) is 0 Å². The number of hydrogen-bond acceptors (Lipinski definition) is 9. The number of Topliss-reactive ketones (excluding diaryl/α,β-unsaturated/α-hetero) is 4. The van der Waals surface area contributed by atoms with Gasteiger partial charge in [0, 0.05) is 50.0 Å². The van der Waals surface area contributed by atoms with E-state index in [1.807, 2.05) is 47.6 Å². The Morgan fingerprint density at radius 1 is 0.944 bits per heavy atom. The van der Waals surface area contributed by atoms with Crippen LogP contribution in [0, 0.1) is 40.9 Å². The predicted octanol–water partition coefficient (Wildman–Crippen LogP) is 5.33. The van der Waals surface area contributed by atoms with Crippen molar-refractivity contribution in [3.8, 4) is 0 Å². The number of carbonyl (C=O) groups excluding carboxylic acids is 6. The number of nitrogens with zero attached hydrogens (tertiary/aromatic N) is 3. The number of amides is 2. The van der Waals surface area contributed by atoms with Crippen LogP contribution >= 0.6 is 0 Å². The number of carboxylic acid groups (broad SMARTS) is 1. The lowest BCUT2D eigenvalue weighted by Gasteiger charge is -2.37. The Morgan fingerprint density at radius 2 is 1.65 bits per heavy atom. The van der Waals surface area contributed by atoms with Crippen molar-refractivity contribution in [1.29, 1.82) is 0 Å². The fraction of sp³-hybridized carbons (Fsp3) is 0.595. The first-order chi connectivity index (χ1) is 25.5. The fourth-order valence-electron chi connectivity index (χ4n) is 8.12. The van der Waals surface area contributed by atoms with Crippen LogP contribution in [0.4, 0.5) is 0 Å². The molecule has 0 radical (unpaired) electrons. The quantitative estimate of drug-likeness (QED) is 0.141. The molecule has 2 heterocycles. The third kappa shape index (κ3) is 10.5. The van der Waals surface area contributed by atoms with E-state index in [0.717, 1.165) is 24.8 Å². The summed E-state index contributed by atoms with van der Waals surface area (Å²) in [4.78, 5) is 104. The number of benzene rings is 1. The summed E-state index contributed by atoms with van der Waals surface area (Å²) in [6, 6.07) is 7.07. The third-order valence-electron chi connectivity index (χ3n) is 11.1. The van der Waals surface area contributed by atoms with E-state index in [9.17, 15) is 38.7 Å². The Kier molecular flexibility index (Phi) is 14.5. The number of carbonyl (C=O) groups is 7. The van der Waals surface area contributed by atoms with Crippen molar-refractivity contribution >= 4 is 40.9 Å². The molecule has 12 heteroatoms. The van der Waals surface area contributed by atoms with Crippen LogP contribution in [-0.4, -0.2) is 79.5 Å². The van der Waals surface area contributed by atoms with Gasteiger partial charge in [0.2, 0.25) is 17.6 Å². The minimum absolute atomic E-state index is 0.0866.